The van der Waals surface area contributed by atoms with E-state index in [1.165, 1.54) is 0 Å². The molecule has 1 saturated carbocycles. The second kappa shape index (κ2) is 6.05. The fraction of sp³-hybridized carbons (Fsp3) is 0.400. The molecule has 1 fully saturated rings. The lowest BCUT2D eigenvalue weighted by atomic mass is 10.0. The van der Waals surface area contributed by atoms with E-state index < -0.39 is 6.03 Å². The summed E-state index contributed by atoms with van der Waals surface area (Å²) in [5.74, 6) is -0.168. The Morgan fingerprint density at radius 1 is 1.23 bits per heavy atom. The maximum atomic E-state index is 11.8. The predicted octanol–water partition coefficient (Wildman–Crippen LogP) is 0.971. The molecule has 1 aromatic rings. The molecule has 4 amide bonds. The molecule has 0 spiro atoms. The predicted molar refractivity (Wildman–Crippen MR) is 81.6 cm³/mol. The van der Waals surface area contributed by atoms with Crippen molar-refractivity contribution in [2.24, 2.45) is 0 Å². The number of rotatable bonds is 4. The molecule has 1 aliphatic carbocycles. The van der Waals surface area contributed by atoms with Gasteiger partial charge in [0, 0.05) is 23.8 Å². The van der Waals surface area contributed by atoms with E-state index in [1.54, 1.807) is 12.1 Å². The highest BCUT2D eigenvalue weighted by Crippen LogP contribution is 2.25. The number of urea groups is 1. The van der Waals surface area contributed by atoms with Crippen molar-refractivity contribution in [1.29, 1.82) is 0 Å². The van der Waals surface area contributed by atoms with Gasteiger partial charge in [-0.3, -0.25) is 9.59 Å². The molecule has 3 rings (SSSR count). The summed E-state index contributed by atoms with van der Waals surface area (Å²) in [5.41, 5.74) is 2.41. The van der Waals surface area contributed by atoms with Crippen LogP contribution in [0.25, 0.3) is 0 Å². The Bertz CT molecular complexity index is 625. The number of aryl methyl sites for hydroxylation is 1. The second-order valence-electron chi connectivity index (χ2n) is 5.57. The van der Waals surface area contributed by atoms with E-state index in [1.807, 2.05) is 6.07 Å². The van der Waals surface area contributed by atoms with E-state index in [2.05, 4.69) is 21.3 Å². The van der Waals surface area contributed by atoms with Crippen molar-refractivity contribution < 1.29 is 14.4 Å². The quantitative estimate of drug-likeness (QED) is 0.667. The van der Waals surface area contributed by atoms with Crippen LogP contribution in [-0.2, 0) is 16.0 Å². The van der Waals surface area contributed by atoms with Gasteiger partial charge in [0.15, 0.2) is 0 Å². The van der Waals surface area contributed by atoms with Gasteiger partial charge in [-0.1, -0.05) is 0 Å². The third-order valence-electron chi connectivity index (χ3n) is 3.61. The number of nitrogens with one attached hydrogen (secondary N) is 4. The van der Waals surface area contributed by atoms with Crippen molar-refractivity contribution in [3.05, 3.63) is 23.8 Å². The molecule has 22 heavy (non-hydrogen) atoms. The van der Waals surface area contributed by atoms with Crippen molar-refractivity contribution in [3.8, 4) is 0 Å². The zero-order valence-electron chi connectivity index (χ0n) is 12.1. The topological polar surface area (TPSA) is 99.3 Å². The second-order valence-corrected chi connectivity index (χ2v) is 5.57. The minimum absolute atomic E-state index is 0.00706. The number of hydrogen-bond acceptors (Lipinski definition) is 3. The molecule has 0 bridgehead atoms. The molecule has 0 aromatic heterocycles. The summed E-state index contributed by atoms with van der Waals surface area (Å²) in [5, 5.41) is 10.8. The SMILES string of the molecule is O=C1CCc2cc(NC(=O)NCC(=O)NC3CC3)ccc2N1. The van der Waals surface area contributed by atoms with Crippen molar-refractivity contribution in [2.75, 3.05) is 17.2 Å². The Morgan fingerprint density at radius 2 is 2.05 bits per heavy atom. The molecule has 1 heterocycles. The highest BCUT2D eigenvalue weighted by Gasteiger charge is 2.23. The van der Waals surface area contributed by atoms with Crippen LogP contribution < -0.4 is 21.3 Å². The molecule has 116 valence electrons. The fourth-order valence-electron chi connectivity index (χ4n) is 2.30. The van der Waals surface area contributed by atoms with Crippen LogP contribution in [0.2, 0.25) is 0 Å². The lowest BCUT2D eigenvalue weighted by molar-refractivity contribution is -0.120. The Morgan fingerprint density at radius 3 is 2.82 bits per heavy atom. The molecule has 1 aliphatic heterocycles. The molecule has 4 N–H and O–H groups in total. The number of carbonyl (C=O) groups excluding carboxylic acids is 3. The highest BCUT2D eigenvalue weighted by atomic mass is 16.2. The Hall–Kier alpha value is -2.57. The average Bonchev–Trinajstić information content (AvgIpc) is 3.29. The number of anilines is 2. The summed E-state index contributed by atoms with van der Waals surface area (Å²) in [6, 6.07) is 5.17. The van der Waals surface area contributed by atoms with Gasteiger partial charge in [0.05, 0.1) is 6.54 Å². The van der Waals surface area contributed by atoms with E-state index in [9.17, 15) is 14.4 Å². The molecule has 7 heteroatoms. The largest absolute Gasteiger partial charge is 0.352 e. The summed E-state index contributed by atoms with van der Waals surface area (Å²) >= 11 is 0. The standard InChI is InChI=1S/C15H18N4O3/c20-13-6-1-9-7-11(4-5-12(9)19-13)18-15(22)16-8-14(21)17-10-2-3-10/h4-5,7,10H,1-3,6,8H2,(H,17,21)(H,19,20)(H2,16,18,22). The van der Waals surface area contributed by atoms with Crippen molar-refractivity contribution in [3.63, 3.8) is 0 Å². The smallest absolute Gasteiger partial charge is 0.319 e. The van der Waals surface area contributed by atoms with Crippen LogP contribution in [0.4, 0.5) is 16.2 Å². The van der Waals surface area contributed by atoms with Crippen molar-refractivity contribution in [1.82, 2.24) is 10.6 Å². The third kappa shape index (κ3) is 3.75. The van der Waals surface area contributed by atoms with Crippen LogP contribution in [0.3, 0.4) is 0 Å². The molecule has 2 aliphatic rings. The van der Waals surface area contributed by atoms with Crippen LogP contribution in [0.15, 0.2) is 18.2 Å². The van der Waals surface area contributed by atoms with E-state index in [0.717, 1.165) is 24.1 Å². The average molecular weight is 302 g/mol. The van der Waals surface area contributed by atoms with Gasteiger partial charge in [-0.05, 0) is 43.0 Å². The van der Waals surface area contributed by atoms with Gasteiger partial charge < -0.3 is 21.3 Å². The van der Waals surface area contributed by atoms with E-state index in [-0.39, 0.29) is 24.4 Å². The van der Waals surface area contributed by atoms with Gasteiger partial charge in [-0.2, -0.15) is 0 Å². The Kier molecular flexibility index (Phi) is 3.95. The number of amides is 4. The van der Waals surface area contributed by atoms with Gasteiger partial charge in [-0.25, -0.2) is 4.79 Å². The maximum Gasteiger partial charge on any atom is 0.319 e. The first-order chi connectivity index (χ1) is 10.6. The first-order valence-corrected chi connectivity index (χ1v) is 7.37. The molecule has 0 saturated heterocycles. The highest BCUT2D eigenvalue weighted by molar-refractivity contribution is 5.96. The number of carbonyl (C=O) groups is 3. The molecule has 0 radical (unpaired) electrons. The van der Waals surface area contributed by atoms with Gasteiger partial charge in [-0.15, -0.1) is 0 Å². The van der Waals surface area contributed by atoms with Crippen LogP contribution >= 0.6 is 0 Å². The van der Waals surface area contributed by atoms with Crippen LogP contribution in [0.1, 0.15) is 24.8 Å². The summed E-state index contributed by atoms with van der Waals surface area (Å²) in [4.78, 5) is 34.5. The van der Waals surface area contributed by atoms with Gasteiger partial charge >= 0.3 is 6.03 Å². The van der Waals surface area contributed by atoms with Crippen LogP contribution in [0.5, 0.6) is 0 Å². The minimum atomic E-state index is -0.425. The van der Waals surface area contributed by atoms with E-state index >= 15 is 0 Å². The summed E-state index contributed by atoms with van der Waals surface area (Å²) in [7, 11) is 0. The number of fused-ring (bicyclic) bond motifs is 1. The molecule has 1 aromatic carbocycles. The van der Waals surface area contributed by atoms with Crippen LogP contribution in [0, 0.1) is 0 Å². The third-order valence-corrected chi connectivity index (χ3v) is 3.61. The van der Waals surface area contributed by atoms with Gasteiger partial charge in [0.25, 0.3) is 0 Å². The minimum Gasteiger partial charge on any atom is -0.352 e. The summed E-state index contributed by atoms with van der Waals surface area (Å²) in [6.45, 7) is -0.0384. The zero-order chi connectivity index (χ0) is 15.5. The molecule has 7 nitrogen and oxygen atoms in total. The lowest BCUT2D eigenvalue weighted by Crippen LogP contribution is -2.39. The normalized spacial score (nSPS) is 16.3. The Balaban J connectivity index is 1.50. The lowest BCUT2D eigenvalue weighted by Gasteiger charge is -2.17. The van der Waals surface area contributed by atoms with Gasteiger partial charge in [0.2, 0.25) is 11.8 Å². The monoisotopic (exact) mass is 302 g/mol. The Labute approximate surface area is 127 Å². The summed E-state index contributed by atoms with van der Waals surface area (Å²) in [6.07, 6.45) is 3.14. The zero-order valence-corrected chi connectivity index (χ0v) is 12.1. The number of benzene rings is 1. The van der Waals surface area contributed by atoms with Crippen LogP contribution in [-0.4, -0.2) is 30.4 Å². The molecule has 0 atom stereocenters. The van der Waals surface area contributed by atoms with Crippen molar-refractivity contribution >= 4 is 29.2 Å². The molecular formula is C15H18N4O3. The number of hydrogen-bond donors (Lipinski definition) is 4. The van der Waals surface area contributed by atoms with E-state index in [4.69, 9.17) is 0 Å². The molecule has 0 unspecified atom stereocenters. The first kappa shape index (κ1) is 14.4. The fourth-order valence-corrected chi connectivity index (χ4v) is 2.30. The van der Waals surface area contributed by atoms with Crippen molar-refractivity contribution in [2.45, 2.75) is 31.7 Å². The first-order valence-electron chi connectivity index (χ1n) is 7.37. The maximum absolute atomic E-state index is 11.8. The molecular weight excluding hydrogens is 284 g/mol. The van der Waals surface area contributed by atoms with E-state index in [0.29, 0.717) is 18.5 Å². The van der Waals surface area contributed by atoms with Gasteiger partial charge in [0.1, 0.15) is 0 Å². The summed E-state index contributed by atoms with van der Waals surface area (Å²) < 4.78 is 0.